The molecule has 0 saturated carbocycles. The highest BCUT2D eigenvalue weighted by molar-refractivity contribution is 9.10. The Morgan fingerprint density at radius 2 is 2.16 bits per heavy atom. The molecule has 6 nitrogen and oxygen atoms in total. The van der Waals surface area contributed by atoms with E-state index in [-0.39, 0.29) is 17.9 Å². The number of carbonyl (C=O) groups excluding carboxylic acids is 2. The molecule has 126 valence electrons. The van der Waals surface area contributed by atoms with Crippen LogP contribution in [0.15, 0.2) is 47.2 Å². The number of amides is 2. The summed E-state index contributed by atoms with van der Waals surface area (Å²) < 4.78 is 2.78. The van der Waals surface area contributed by atoms with Crippen molar-refractivity contribution in [3.8, 4) is 0 Å². The third kappa shape index (κ3) is 2.80. The average Bonchev–Trinajstić information content (AvgIpc) is 2.98. The van der Waals surface area contributed by atoms with Crippen molar-refractivity contribution in [2.45, 2.75) is 13.0 Å². The molecule has 1 aromatic carbocycles. The molecule has 1 aliphatic heterocycles. The Hall–Kier alpha value is -2.67. The number of carbonyl (C=O) groups is 2. The lowest BCUT2D eigenvalue weighted by molar-refractivity contribution is 0.0919. The average molecular weight is 399 g/mol. The molecule has 2 N–H and O–H groups in total. The first-order valence-corrected chi connectivity index (χ1v) is 8.67. The third-order valence-corrected chi connectivity index (χ3v) is 4.73. The van der Waals surface area contributed by atoms with Crippen molar-refractivity contribution < 1.29 is 9.59 Å². The third-order valence-electron chi connectivity index (χ3n) is 4.30. The van der Waals surface area contributed by atoms with E-state index in [1.54, 1.807) is 24.5 Å². The second-order valence-corrected chi connectivity index (χ2v) is 6.99. The van der Waals surface area contributed by atoms with Crippen molar-refractivity contribution in [2.24, 2.45) is 0 Å². The molecule has 0 spiro atoms. The number of anilines is 1. The quantitative estimate of drug-likeness (QED) is 0.694. The first-order chi connectivity index (χ1) is 12.0. The minimum Gasteiger partial charge on any atom is -0.349 e. The van der Waals surface area contributed by atoms with Crippen molar-refractivity contribution in [1.82, 2.24) is 14.9 Å². The topological polar surface area (TPSA) is 76.0 Å². The maximum Gasteiger partial charge on any atom is 0.268 e. The van der Waals surface area contributed by atoms with Crippen molar-refractivity contribution in [3.63, 3.8) is 0 Å². The van der Waals surface area contributed by atoms with Gasteiger partial charge < -0.3 is 15.2 Å². The van der Waals surface area contributed by atoms with Gasteiger partial charge in [0.05, 0.1) is 11.9 Å². The Morgan fingerprint density at radius 3 is 2.96 bits per heavy atom. The van der Waals surface area contributed by atoms with Gasteiger partial charge in [0.1, 0.15) is 5.69 Å². The van der Waals surface area contributed by atoms with Crippen LogP contribution in [0.3, 0.4) is 0 Å². The van der Waals surface area contributed by atoms with Gasteiger partial charge in [-0.3, -0.25) is 14.6 Å². The lowest BCUT2D eigenvalue weighted by atomic mass is 10.1. The van der Waals surface area contributed by atoms with Crippen LogP contribution in [0.4, 0.5) is 5.69 Å². The summed E-state index contributed by atoms with van der Waals surface area (Å²) in [5.41, 5.74) is 2.66. The Morgan fingerprint density at radius 1 is 1.32 bits per heavy atom. The summed E-state index contributed by atoms with van der Waals surface area (Å²) in [6.45, 7) is 2.62. The Kier molecular flexibility index (Phi) is 3.80. The van der Waals surface area contributed by atoms with Gasteiger partial charge in [-0.1, -0.05) is 6.07 Å². The molecule has 2 aromatic heterocycles. The van der Waals surface area contributed by atoms with Crippen molar-refractivity contribution in [1.29, 1.82) is 0 Å². The summed E-state index contributed by atoms with van der Waals surface area (Å²) in [6.07, 6.45) is 3.24. The zero-order valence-corrected chi connectivity index (χ0v) is 15.0. The Balaban J connectivity index is 1.72. The Bertz CT molecular complexity index is 1010. The highest BCUT2D eigenvalue weighted by Gasteiger charge is 2.24. The standard InChI is InChI=1S/C18H15BrN4O2/c1-10-7-21-18(25)16-4-11-2-3-12(5-15(11)23(10)16)17(24)22-14-6-13(19)8-20-9-14/h2-6,8-10H,7H2,1H3,(H,21,25)(H,22,24). The summed E-state index contributed by atoms with van der Waals surface area (Å²) in [7, 11) is 0. The van der Waals surface area contributed by atoms with E-state index in [9.17, 15) is 9.59 Å². The number of nitrogens with one attached hydrogen (secondary N) is 2. The predicted octanol–water partition coefficient (Wildman–Crippen LogP) is 3.36. The molecule has 0 radical (unpaired) electrons. The van der Waals surface area contributed by atoms with E-state index in [0.717, 1.165) is 15.4 Å². The van der Waals surface area contributed by atoms with E-state index in [1.165, 1.54) is 0 Å². The molecular weight excluding hydrogens is 384 g/mol. The molecule has 3 aromatic rings. The fraction of sp³-hybridized carbons (Fsp3) is 0.167. The minimum absolute atomic E-state index is 0.0829. The SMILES string of the molecule is CC1CNC(=O)c2cc3ccc(C(=O)Nc4cncc(Br)c4)cc3n21. The Labute approximate surface area is 152 Å². The first-order valence-electron chi connectivity index (χ1n) is 7.88. The van der Waals surface area contributed by atoms with Crippen LogP contribution in [-0.2, 0) is 0 Å². The molecule has 1 atom stereocenters. The number of rotatable bonds is 2. The van der Waals surface area contributed by atoms with Crippen LogP contribution in [0.5, 0.6) is 0 Å². The number of pyridine rings is 1. The van der Waals surface area contributed by atoms with E-state index >= 15 is 0 Å². The largest absolute Gasteiger partial charge is 0.349 e. The monoisotopic (exact) mass is 398 g/mol. The molecule has 0 saturated heterocycles. The second kappa shape index (κ2) is 6.00. The van der Waals surface area contributed by atoms with E-state index in [0.29, 0.717) is 23.5 Å². The van der Waals surface area contributed by atoms with E-state index in [1.807, 2.05) is 29.7 Å². The minimum atomic E-state index is -0.217. The lowest BCUT2D eigenvalue weighted by Crippen LogP contribution is -2.37. The molecule has 1 unspecified atom stereocenters. The molecule has 7 heteroatoms. The summed E-state index contributed by atoms with van der Waals surface area (Å²) in [4.78, 5) is 28.7. The van der Waals surface area contributed by atoms with Crippen molar-refractivity contribution in [3.05, 3.63) is 58.5 Å². The fourth-order valence-corrected chi connectivity index (χ4v) is 3.48. The summed E-state index contributed by atoms with van der Waals surface area (Å²) >= 11 is 3.33. The number of benzene rings is 1. The van der Waals surface area contributed by atoms with Gasteiger partial charge in [-0.05, 0) is 47.1 Å². The summed E-state index contributed by atoms with van der Waals surface area (Å²) in [5, 5.41) is 6.65. The van der Waals surface area contributed by atoms with Crippen molar-refractivity contribution in [2.75, 3.05) is 11.9 Å². The smallest absolute Gasteiger partial charge is 0.268 e. The lowest BCUT2D eigenvalue weighted by Gasteiger charge is -2.24. The second-order valence-electron chi connectivity index (χ2n) is 6.08. The van der Waals surface area contributed by atoms with Crippen LogP contribution < -0.4 is 10.6 Å². The van der Waals surface area contributed by atoms with E-state index in [4.69, 9.17) is 0 Å². The number of fused-ring (bicyclic) bond motifs is 3. The molecule has 0 aliphatic carbocycles. The molecule has 1 aliphatic rings. The number of halogens is 1. The van der Waals surface area contributed by atoms with Gasteiger partial charge in [0.15, 0.2) is 0 Å². The van der Waals surface area contributed by atoms with Crippen LogP contribution in [0, 0.1) is 0 Å². The summed E-state index contributed by atoms with van der Waals surface area (Å²) in [6, 6.07) is 9.24. The van der Waals surface area contributed by atoms with Crippen LogP contribution in [0.1, 0.15) is 33.8 Å². The van der Waals surface area contributed by atoms with Gasteiger partial charge in [-0.25, -0.2) is 0 Å². The van der Waals surface area contributed by atoms with E-state index in [2.05, 4.69) is 31.5 Å². The normalized spacial score (nSPS) is 16.4. The van der Waals surface area contributed by atoms with Crippen LogP contribution in [0.2, 0.25) is 0 Å². The van der Waals surface area contributed by atoms with Crippen LogP contribution >= 0.6 is 15.9 Å². The highest BCUT2D eigenvalue weighted by atomic mass is 79.9. The van der Waals surface area contributed by atoms with Crippen LogP contribution in [0.25, 0.3) is 10.9 Å². The van der Waals surface area contributed by atoms with Gasteiger partial charge in [-0.2, -0.15) is 0 Å². The first kappa shape index (κ1) is 15.8. The molecule has 3 heterocycles. The molecule has 4 rings (SSSR count). The number of nitrogens with zero attached hydrogens (tertiary/aromatic N) is 2. The molecule has 2 amide bonds. The zero-order valence-electron chi connectivity index (χ0n) is 13.4. The van der Waals surface area contributed by atoms with E-state index < -0.39 is 0 Å². The van der Waals surface area contributed by atoms with Crippen molar-refractivity contribution >= 4 is 44.3 Å². The van der Waals surface area contributed by atoms with Gasteiger partial charge in [0.2, 0.25) is 0 Å². The maximum atomic E-state index is 12.6. The van der Waals surface area contributed by atoms with Gasteiger partial charge in [0, 0.05) is 39.7 Å². The van der Waals surface area contributed by atoms with Gasteiger partial charge in [0.25, 0.3) is 11.8 Å². The molecule has 0 fully saturated rings. The number of hydrogen-bond donors (Lipinski definition) is 2. The van der Waals surface area contributed by atoms with Gasteiger partial charge >= 0.3 is 0 Å². The van der Waals surface area contributed by atoms with Crippen LogP contribution in [-0.4, -0.2) is 27.9 Å². The molecule has 0 bridgehead atoms. The fourth-order valence-electron chi connectivity index (χ4n) is 3.12. The number of hydrogen-bond acceptors (Lipinski definition) is 3. The highest BCUT2D eigenvalue weighted by Crippen LogP contribution is 2.27. The van der Waals surface area contributed by atoms with Gasteiger partial charge in [-0.15, -0.1) is 0 Å². The molecule has 25 heavy (non-hydrogen) atoms. The predicted molar refractivity (Wildman–Crippen MR) is 98.9 cm³/mol. The molecular formula is C18H15BrN4O2. The zero-order chi connectivity index (χ0) is 17.6. The number of aromatic nitrogens is 2. The summed E-state index contributed by atoms with van der Waals surface area (Å²) in [5.74, 6) is -0.300. The maximum absolute atomic E-state index is 12.6.